The van der Waals surface area contributed by atoms with Crippen molar-refractivity contribution in [2.45, 2.75) is 18.9 Å². The molecule has 1 saturated heterocycles. The van der Waals surface area contributed by atoms with Crippen LogP contribution in [0.4, 0.5) is 0 Å². The van der Waals surface area contributed by atoms with Crippen molar-refractivity contribution in [3.8, 4) is 0 Å². The molecular formula is C17H14Cl2O5. The van der Waals surface area contributed by atoms with Crippen molar-refractivity contribution in [3.05, 3.63) is 33.8 Å². The van der Waals surface area contributed by atoms with Crippen molar-refractivity contribution in [1.29, 1.82) is 0 Å². The van der Waals surface area contributed by atoms with E-state index in [4.69, 9.17) is 32.7 Å². The lowest BCUT2D eigenvalue weighted by molar-refractivity contribution is -0.154. The topological polar surface area (TPSA) is 69.7 Å². The zero-order chi connectivity index (χ0) is 17.0. The lowest BCUT2D eigenvalue weighted by Gasteiger charge is -2.22. The maximum absolute atomic E-state index is 12.4. The normalized spacial score (nSPS) is 32.8. The third kappa shape index (κ3) is 2.42. The van der Waals surface area contributed by atoms with Gasteiger partial charge in [-0.25, -0.2) is 0 Å². The first-order chi connectivity index (χ1) is 11.5. The number of rotatable bonds is 4. The molecule has 7 heteroatoms. The zero-order valence-electron chi connectivity index (χ0n) is 12.5. The average Bonchev–Trinajstić information content (AvgIpc) is 3.14. The van der Waals surface area contributed by atoms with Crippen molar-refractivity contribution in [2.24, 2.45) is 23.7 Å². The van der Waals surface area contributed by atoms with Gasteiger partial charge in [-0.1, -0.05) is 23.2 Å². The molecule has 0 amide bonds. The third-order valence-electron chi connectivity index (χ3n) is 5.33. The fourth-order valence-corrected chi connectivity index (χ4v) is 4.87. The van der Waals surface area contributed by atoms with Gasteiger partial charge >= 0.3 is 11.9 Å². The first-order valence-electron chi connectivity index (χ1n) is 7.81. The number of fused-ring (bicyclic) bond motifs is 1. The van der Waals surface area contributed by atoms with E-state index in [9.17, 15) is 14.4 Å². The minimum Gasteiger partial charge on any atom is -0.462 e. The minimum atomic E-state index is -0.497. The number of carbonyl (C=O) groups excluding carboxylic acids is 3. The second kappa shape index (κ2) is 5.74. The molecule has 3 fully saturated rings. The van der Waals surface area contributed by atoms with E-state index in [1.807, 2.05) is 0 Å². The van der Waals surface area contributed by atoms with Crippen LogP contribution in [-0.4, -0.2) is 30.4 Å². The van der Waals surface area contributed by atoms with Gasteiger partial charge in [0.15, 0.2) is 6.61 Å². The first-order valence-corrected chi connectivity index (χ1v) is 8.56. The van der Waals surface area contributed by atoms with E-state index in [-0.39, 0.29) is 34.5 Å². The fraction of sp³-hybridized carbons (Fsp3) is 0.471. The van der Waals surface area contributed by atoms with Crippen LogP contribution < -0.4 is 0 Å². The van der Waals surface area contributed by atoms with Gasteiger partial charge in [-0.3, -0.25) is 14.4 Å². The van der Waals surface area contributed by atoms with Crippen LogP contribution in [0.1, 0.15) is 23.2 Å². The number of benzene rings is 1. The fourth-order valence-electron chi connectivity index (χ4n) is 4.35. The Hall–Kier alpha value is -1.59. The van der Waals surface area contributed by atoms with Gasteiger partial charge in [-0.05, 0) is 37.0 Å². The van der Waals surface area contributed by atoms with Gasteiger partial charge in [0, 0.05) is 16.5 Å². The Labute approximate surface area is 148 Å². The van der Waals surface area contributed by atoms with Crippen LogP contribution >= 0.6 is 23.2 Å². The standard InChI is InChI=1S/C17H14Cl2O5/c18-8-1-2-9(11(19)5-8)12(20)6-23-16(21)14-7-3-10-13(4-7)24-17(22)15(10)14/h1-2,5,7,10,13-15H,3-4,6H2/t7-,10+,13+,14-,15-/m1/s1. The summed E-state index contributed by atoms with van der Waals surface area (Å²) in [5.74, 6) is -1.87. The molecule has 4 rings (SSSR count). The summed E-state index contributed by atoms with van der Waals surface area (Å²) in [5, 5.41) is 0.635. The molecule has 5 atom stereocenters. The molecule has 1 aliphatic heterocycles. The largest absolute Gasteiger partial charge is 0.462 e. The van der Waals surface area contributed by atoms with Gasteiger partial charge in [-0.15, -0.1) is 0 Å². The highest BCUT2D eigenvalue weighted by Crippen LogP contribution is 2.57. The number of Topliss-reactive ketones (excluding diaryl/α,β-unsaturated/α-hetero) is 1. The molecule has 5 nitrogen and oxygen atoms in total. The maximum Gasteiger partial charge on any atom is 0.310 e. The summed E-state index contributed by atoms with van der Waals surface area (Å²) >= 11 is 11.8. The summed E-state index contributed by atoms with van der Waals surface area (Å²) in [4.78, 5) is 36.5. The highest BCUT2D eigenvalue weighted by Gasteiger charge is 2.64. The summed E-state index contributed by atoms with van der Waals surface area (Å²) in [6, 6.07) is 4.51. The average molecular weight is 369 g/mol. The number of hydrogen-bond donors (Lipinski definition) is 0. The molecule has 0 N–H and O–H groups in total. The Balaban J connectivity index is 1.42. The second-order valence-corrected chi connectivity index (χ2v) is 7.42. The van der Waals surface area contributed by atoms with Gasteiger partial charge in [-0.2, -0.15) is 0 Å². The van der Waals surface area contributed by atoms with Crippen LogP contribution in [0, 0.1) is 23.7 Å². The Morgan fingerprint density at radius 1 is 1.25 bits per heavy atom. The predicted octanol–water partition coefficient (Wildman–Crippen LogP) is 2.92. The number of hydrogen-bond acceptors (Lipinski definition) is 5. The number of halogens is 2. The van der Waals surface area contributed by atoms with Crippen molar-refractivity contribution in [2.75, 3.05) is 6.61 Å². The van der Waals surface area contributed by atoms with Crippen LogP contribution in [0.25, 0.3) is 0 Å². The molecule has 24 heavy (non-hydrogen) atoms. The number of carbonyl (C=O) groups is 3. The van der Waals surface area contributed by atoms with Gasteiger partial charge in [0.2, 0.25) is 5.78 Å². The van der Waals surface area contributed by atoms with E-state index in [1.54, 1.807) is 6.07 Å². The van der Waals surface area contributed by atoms with Crippen molar-refractivity contribution >= 4 is 40.9 Å². The molecule has 0 aromatic heterocycles. The SMILES string of the molecule is O=C(COC(=O)[C@@H]1[C@@H]2C[C@@H]3[C@H]1C(=O)O[C@H]3C2)c1ccc(Cl)cc1Cl. The molecular weight excluding hydrogens is 355 g/mol. The predicted molar refractivity (Wildman–Crippen MR) is 84.8 cm³/mol. The summed E-state index contributed by atoms with van der Waals surface area (Å²) in [6.07, 6.45) is 1.49. The van der Waals surface area contributed by atoms with Crippen molar-refractivity contribution < 1.29 is 23.9 Å². The van der Waals surface area contributed by atoms with E-state index in [0.717, 1.165) is 6.42 Å². The van der Waals surface area contributed by atoms with Crippen molar-refractivity contribution in [1.82, 2.24) is 0 Å². The Morgan fingerprint density at radius 3 is 2.79 bits per heavy atom. The Kier molecular flexibility index (Phi) is 3.81. The summed E-state index contributed by atoms with van der Waals surface area (Å²) in [7, 11) is 0. The molecule has 2 bridgehead atoms. The van der Waals surface area contributed by atoms with Crippen LogP contribution in [-0.2, 0) is 19.1 Å². The quantitative estimate of drug-likeness (QED) is 0.603. The molecule has 0 radical (unpaired) electrons. The highest BCUT2D eigenvalue weighted by atomic mass is 35.5. The molecule has 0 unspecified atom stereocenters. The van der Waals surface area contributed by atoms with Crippen molar-refractivity contribution in [3.63, 3.8) is 0 Å². The van der Waals surface area contributed by atoms with Crippen LogP contribution in [0.2, 0.25) is 10.0 Å². The highest BCUT2D eigenvalue weighted by molar-refractivity contribution is 6.36. The van der Waals surface area contributed by atoms with Crippen LogP contribution in [0.15, 0.2) is 18.2 Å². The number of esters is 2. The Morgan fingerprint density at radius 2 is 2.04 bits per heavy atom. The summed E-state index contributed by atoms with van der Waals surface area (Å²) in [6.45, 7) is -0.404. The molecule has 0 spiro atoms. The number of ketones is 1. The van der Waals surface area contributed by atoms with E-state index in [2.05, 4.69) is 0 Å². The molecule has 2 aliphatic carbocycles. The summed E-state index contributed by atoms with van der Waals surface area (Å²) < 4.78 is 10.5. The number of ether oxygens (including phenoxy) is 2. The second-order valence-electron chi connectivity index (χ2n) is 6.58. The van der Waals surface area contributed by atoms with Gasteiger partial charge in [0.25, 0.3) is 0 Å². The van der Waals surface area contributed by atoms with Gasteiger partial charge in [0.1, 0.15) is 6.10 Å². The van der Waals surface area contributed by atoms with Crippen LogP contribution in [0.5, 0.6) is 0 Å². The smallest absolute Gasteiger partial charge is 0.310 e. The van der Waals surface area contributed by atoms with E-state index < -0.39 is 30.2 Å². The van der Waals surface area contributed by atoms with E-state index >= 15 is 0 Å². The van der Waals surface area contributed by atoms with Gasteiger partial charge < -0.3 is 9.47 Å². The molecule has 3 aliphatic rings. The first kappa shape index (κ1) is 15.9. The third-order valence-corrected chi connectivity index (χ3v) is 5.88. The van der Waals surface area contributed by atoms with E-state index in [0.29, 0.717) is 11.4 Å². The van der Waals surface area contributed by atoms with Crippen LogP contribution in [0.3, 0.4) is 0 Å². The Bertz CT molecular complexity index is 744. The van der Waals surface area contributed by atoms with Gasteiger partial charge in [0.05, 0.1) is 16.9 Å². The monoisotopic (exact) mass is 368 g/mol. The lowest BCUT2D eigenvalue weighted by atomic mass is 9.80. The minimum absolute atomic E-state index is 0.0361. The zero-order valence-corrected chi connectivity index (χ0v) is 14.0. The lowest BCUT2D eigenvalue weighted by Crippen LogP contribution is -2.34. The summed E-state index contributed by atoms with van der Waals surface area (Å²) in [5.41, 5.74) is 0.252. The molecule has 2 saturated carbocycles. The molecule has 126 valence electrons. The molecule has 1 heterocycles. The maximum atomic E-state index is 12.4. The molecule has 1 aromatic carbocycles. The van der Waals surface area contributed by atoms with E-state index in [1.165, 1.54) is 12.1 Å². The molecule has 1 aromatic rings.